The van der Waals surface area contributed by atoms with Crippen LogP contribution in [0.4, 0.5) is 4.39 Å². The molecule has 0 bridgehead atoms. The molecule has 2 atom stereocenters. The van der Waals surface area contributed by atoms with Crippen molar-refractivity contribution in [3.63, 3.8) is 0 Å². The first-order valence-electron chi connectivity index (χ1n) is 6.26. The number of hydrogen-bond donors (Lipinski definition) is 1. The van der Waals surface area contributed by atoms with Crippen LogP contribution < -0.4 is 5.73 Å². The zero-order valence-corrected chi connectivity index (χ0v) is 10.2. The van der Waals surface area contributed by atoms with E-state index in [1.54, 1.807) is 6.07 Å². The van der Waals surface area contributed by atoms with Gasteiger partial charge in [0.25, 0.3) is 0 Å². The Bertz CT molecular complexity index is 456. The Morgan fingerprint density at radius 2 is 2.11 bits per heavy atom. The van der Waals surface area contributed by atoms with Crippen LogP contribution in [0.25, 0.3) is 0 Å². The van der Waals surface area contributed by atoms with Gasteiger partial charge in [0.15, 0.2) is 0 Å². The predicted octanol–water partition coefficient (Wildman–Crippen LogP) is 2.48. The summed E-state index contributed by atoms with van der Waals surface area (Å²) in [6.07, 6.45) is 4.27. The molecule has 18 heavy (non-hydrogen) atoms. The highest BCUT2D eigenvalue weighted by molar-refractivity contribution is 5.33. The Labute approximate surface area is 106 Å². The topological polar surface area (TPSA) is 59.0 Å². The zero-order chi connectivity index (χ0) is 13.0. The molecule has 2 N–H and O–H groups in total. The summed E-state index contributed by atoms with van der Waals surface area (Å²) in [6.45, 7) is 0.310. The minimum Gasteiger partial charge on any atom is -0.372 e. The molecule has 4 heteroatoms. The SMILES string of the molecule is N#Cc1cc(F)cc(COC2CCCCC2N)c1. The van der Waals surface area contributed by atoms with Crippen molar-refractivity contribution in [3.05, 3.63) is 35.1 Å². The maximum absolute atomic E-state index is 13.2. The summed E-state index contributed by atoms with van der Waals surface area (Å²) >= 11 is 0. The van der Waals surface area contributed by atoms with Gasteiger partial charge in [0.1, 0.15) is 5.82 Å². The van der Waals surface area contributed by atoms with Crippen LogP contribution in [-0.2, 0) is 11.3 Å². The van der Waals surface area contributed by atoms with E-state index in [9.17, 15) is 4.39 Å². The number of hydrogen-bond acceptors (Lipinski definition) is 3. The average Bonchev–Trinajstić information content (AvgIpc) is 2.37. The van der Waals surface area contributed by atoms with Gasteiger partial charge in [-0.1, -0.05) is 12.8 Å². The third kappa shape index (κ3) is 3.28. The lowest BCUT2D eigenvalue weighted by Crippen LogP contribution is -2.39. The van der Waals surface area contributed by atoms with Crippen molar-refractivity contribution in [1.29, 1.82) is 5.26 Å². The fourth-order valence-corrected chi connectivity index (χ4v) is 2.33. The molecule has 0 spiro atoms. The third-order valence-corrected chi connectivity index (χ3v) is 3.30. The van der Waals surface area contributed by atoms with E-state index in [4.69, 9.17) is 15.7 Å². The number of halogens is 1. The summed E-state index contributed by atoms with van der Waals surface area (Å²) in [7, 11) is 0. The first kappa shape index (κ1) is 13.0. The van der Waals surface area contributed by atoms with Crippen LogP contribution >= 0.6 is 0 Å². The number of nitriles is 1. The molecule has 3 nitrogen and oxygen atoms in total. The molecule has 0 heterocycles. The van der Waals surface area contributed by atoms with E-state index < -0.39 is 5.82 Å². The van der Waals surface area contributed by atoms with Gasteiger partial charge in [-0.2, -0.15) is 5.26 Å². The largest absolute Gasteiger partial charge is 0.372 e. The molecular formula is C14H17FN2O. The van der Waals surface area contributed by atoms with Crippen LogP contribution in [0.1, 0.15) is 36.8 Å². The first-order valence-corrected chi connectivity index (χ1v) is 6.26. The maximum Gasteiger partial charge on any atom is 0.124 e. The molecule has 0 aromatic heterocycles. The van der Waals surface area contributed by atoms with Crippen LogP contribution in [0.3, 0.4) is 0 Å². The fraction of sp³-hybridized carbons (Fsp3) is 0.500. The average molecular weight is 248 g/mol. The number of rotatable bonds is 3. The molecule has 1 aliphatic rings. The lowest BCUT2D eigenvalue weighted by atomic mass is 9.93. The standard InChI is InChI=1S/C14H17FN2O/c15-12-6-10(8-16)5-11(7-12)9-18-14-4-2-1-3-13(14)17/h5-7,13-14H,1-4,9,17H2. The zero-order valence-electron chi connectivity index (χ0n) is 10.2. The number of nitrogens with two attached hydrogens (primary N) is 1. The summed E-state index contributed by atoms with van der Waals surface area (Å²) in [5.74, 6) is -0.402. The van der Waals surface area contributed by atoms with Gasteiger partial charge in [0, 0.05) is 6.04 Å². The van der Waals surface area contributed by atoms with Gasteiger partial charge in [-0.15, -0.1) is 0 Å². The molecule has 1 fully saturated rings. The molecule has 1 aliphatic carbocycles. The number of nitrogens with zero attached hydrogens (tertiary/aromatic N) is 1. The van der Waals surface area contributed by atoms with Crippen LogP contribution in [-0.4, -0.2) is 12.1 Å². The Kier molecular flexibility index (Phi) is 4.29. The Morgan fingerprint density at radius 1 is 1.33 bits per heavy atom. The van der Waals surface area contributed by atoms with E-state index in [-0.39, 0.29) is 12.1 Å². The molecule has 1 aromatic carbocycles. The van der Waals surface area contributed by atoms with Crippen LogP contribution in [0.15, 0.2) is 18.2 Å². The van der Waals surface area contributed by atoms with Gasteiger partial charge in [0.2, 0.25) is 0 Å². The van der Waals surface area contributed by atoms with Gasteiger partial charge in [-0.25, -0.2) is 4.39 Å². The molecule has 2 rings (SSSR count). The smallest absolute Gasteiger partial charge is 0.124 e. The van der Waals surface area contributed by atoms with Crippen LogP contribution in [0, 0.1) is 17.1 Å². The van der Waals surface area contributed by atoms with Gasteiger partial charge in [-0.3, -0.25) is 0 Å². The summed E-state index contributed by atoms with van der Waals surface area (Å²) in [5, 5.41) is 8.77. The van der Waals surface area contributed by atoms with Crippen molar-refractivity contribution in [3.8, 4) is 6.07 Å². The van der Waals surface area contributed by atoms with Gasteiger partial charge < -0.3 is 10.5 Å². The van der Waals surface area contributed by atoms with Gasteiger partial charge in [-0.05, 0) is 36.6 Å². The second kappa shape index (κ2) is 5.94. The van der Waals surface area contributed by atoms with Crippen molar-refractivity contribution in [2.45, 2.75) is 44.4 Å². The molecule has 0 amide bonds. The first-order chi connectivity index (χ1) is 8.69. The monoisotopic (exact) mass is 248 g/mol. The number of ether oxygens (including phenoxy) is 1. The highest BCUT2D eigenvalue weighted by atomic mass is 19.1. The van der Waals surface area contributed by atoms with Crippen molar-refractivity contribution in [2.75, 3.05) is 0 Å². The molecule has 96 valence electrons. The molecule has 0 aliphatic heterocycles. The Balaban J connectivity index is 1.97. The molecule has 1 aromatic rings. The lowest BCUT2D eigenvalue weighted by molar-refractivity contribution is 0.00394. The second-order valence-corrected chi connectivity index (χ2v) is 4.76. The minimum atomic E-state index is -0.402. The summed E-state index contributed by atoms with van der Waals surface area (Å²) in [5.41, 5.74) is 6.98. The van der Waals surface area contributed by atoms with Crippen molar-refractivity contribution in [2.24, 2.45) is 5.73 Å². The second-order valence-electron chi connectivity index (χ2n) is 4.76. The highest BCUT2D eigenvalue weighted by Crippen LogP contribution is 2.21. The highest BCUT2D eigenvalue weighted by Gasteiger charge is 2.22. The summed E-state index contributed by atoms with van der Waals surface area (Å²) in [6, 6.07) is 6.27. The van der Waals surface area contributed by atoms with E-state index in [2.05, 4.69) is 0 Å². The molecule has 0 radical (unpaired) electrons. The van der Waals surface area contributed by atoms with Gasteiger partial charge in [0.05, 0.1) is 24.3 Å². The molecule has 2 unspecified atom stereocenters. The lowest BCUT2D eigenvalue weighted by Gasteiger charge is -2.28. The molecule has 1 saturated carbocycles. The third-order valence-electron chi connectivity index (χ3n) is 3.30. The van der Waals surface area contributed by atoms with E-state index in [1.165, 1.54) is 12.1 Å². The number of benzene rings is 1. The van der Waals surface area contributed by atoms with Crippen LogP contribution in [0.2, 0.25) is 0 Å². The quantitative estimate of drug-likeness (QED) is 0.894. The van der Waals surface area contributed by atoms with E-state index >= 15 is 0 Å². The van der Waals surface area contributed by atoms with E-state index in [0.29, 0.717) is 17.7 Å². The minimum absolute atomic E-state index is 0.0487. The molecular weight excluding hydrogens is 231 g/mol. The Morgan fingerprint density at radius 3 is 2.83 bits per heavy atom. The Hall–Kier alpha value is -1.44. The summed E-state index contributed by atoms with van der Waals surface area (Å²) in [4.78, 5) is 0. The summed E-state index contributed by atoms with van der Waals surface area (Å²) < 4.78 is 19.0. The van der Waals surface area contributed by atoms with Crippen LogP contribution in [0.5, 0.6) is 0 Å². The fourth-order valence-electron chi connectivity index (χ4n) is 2.33. The van der Waals surface area contributed by atoms with Crippen molar-refractivity contribution < 1.29 is 9.13 Å². The predicted molar refractivity (Wildman–Crippen MR) is 66.1 cm³/mol. The van der Waals surface area contributed by atoms with Crippen molar-refractivity contribution in [1.82, 2.24) is 0 Å². The normalized spacial score (nSPS) is 23.6. The molecule has 0 saturated heterocycles. The maximum atomic E-state index is 13.2. The van der Waals surface area contributed by atoms with Gasteiger partial charge >= 0.3 is 0 Å². The van der Waals surface area contributed by atoms with E-state index in [0.717, 1.165) is 25.7 Å². The van der Waals surface area contributed by atoms with E-state index in [1.807, 2.05) is 6.07 Å². The van der Waals surface area contributed by atoms with Crippen molar-refractivity contribution >= 4 is 0 Å².